The second kappa shape index (κ2) is 9.27. The van der Waals surface area contributed by atoms with E-state index in [0.717, 1.165) is 23.7 Å². The van der Waals surface area contributed by atoms with Crippen LogP contribution in [0.15, 0.2) is 17.5 Å². The van der Waals surface area contributed by atoms with Crippen LogP contribution in [0.5, 0.6) is 10.8 Å². The summed E-state index contributed by atoms with van der Waals surface area (Å²) in [5, 5.41) is 3.16. The van der Waals surface area contributed by atoms with Crippen LogP contribution in [0.2, 0.25) is 0 Å². The molecule has 0 N–H and O–H groups in total. The summed E-state index contributed by atoms with van der Waals surface area (Å²) < 4.78 is 12.4. The van der Waals surface area contributed by atoms with Gasteiger partial charge in [-0.15, -0.1) is 11.3 Å². The van der Waals surface area contributed by atoms with Gasteiger partial charge in [-0.1, -0.05) is 63.7 Å². The molecule has 2 aromatic heterocycles. The molecule has 0 saturated heterocycles. The van der Waals surface area contributed by atoms with Crippen LogP contribution in [0.25, 0.3) is 9.75 Å². The smallest absolute Gasteiger partial charge is 0.174 e. The van der Waals surface area contributed by atoms with Crippen molar-refractivity contribution >= 4 is 22.7 Å². The zero-order valence-corrected chi connectivity index (χ0v) is 18.1. The zero-order valence-electron chi connectivity index (χ0n) is 16.4. The van der Waals surface area contributed by atoms with Gasteiger partial charge in [-0.2, -0.15) is 0 Å². The van der Waals surface area contributed by atoms with Crippen LogP contribution < -0.4 is 9.47 Å². The van der Waals surface area contributed by atoms with E-state index < -0.39 is 0 Å². The maximum atomic E-state index is 6.77. The number of fused-ring (bicyclic) bond motifs is 3. The minimum absolute atomic E-state index is 0.168. The monoisotopic (exact) mass is 392 g/mol. The summed E-state index contributed by atoms with van der Waals surface area (Å²) in [6, 6.07) is 4.41. The summed E-state index contributed by atoms with van der Waals surface area (Å²) in [5.41, 5.74) is 1.21. The number of hydrogen-bond donors (Lipinski definition) is 0. The highest BCUT2D eigenvalue weighted by Gasteiger charge is 2.42. The standard InChI is InChI=1S/C22H32O2S2/c1-4-6-8-10-13-22(14-11-9-7-5-2)17-16-19(23-3)26-20(17)21-18(24-22)12-15-25-21/h12,15-16H,4-11,13-14H2,1-3H3. The van der Waals surface area contributed by atoms with Gasteiger partial charge in [0, 0.05) is 5.56 Å². The van der Waals surface area contributed by atoms with Gasteiger partial charge in [0.15, 0.2) is 5.06 Å². The van der Waals surface area contributed by atoms with Crippen molar-refractivity contribution < 1.29 is 9.47 Å². The van der Waals surface area contributed by atoms with Gasteiger partial charge in [0.1, 0.15) is 11.4 Å². The molecule has 0 atom stereocenters. The summed E-state index contributed by atoms with van der Waals surface area (Å²) >= 11 is 3.57. The molecular weight excluding hydrogens is 360 g/mol. The largest absolute Gasteiger partial charge is 0.487 e. The molecule has 0 aliphatic carbocycles. The van der Waals surface area contributed by atoms with Gasteiger partial charge in [-0.3, -0.25) is 0 Å². The number of unbranched alkanes of at least 4 members (excludes halogenated alkanes) is 6. The Kier molecular flexibility index (Phi) is 7.05. The summed E-state index contributed by atoms with van der Waals surface area (Å²) in [4.78, 5) is 2.66. The lowest BCUT2D eigenvalue weighted by Crippen LogP contribution is -2.35. The maximum absolute atomic E-state index is 6.77. The Morgan fingerprint density at radius 3 is 2.27 bits per heavy atom. The van der Waals surface area contributed by atoms with E-state index in [2.05, 4.69) is 31.4 Å². The predicted molar refractivity (Wildman–Crippen MR) is 114 cm³/mol. The van der Waals surface area contributed by atoms with E-state index in [9.17, 15) is 0 Å². The van der Waals surface area contributed by atoms with E-state index in [1.54, 1.807) is 29.8 Å². The van der Waals surface area contributed by atoms with Gasteiger partial charge in [-0.05, 0) is 43.2 Å². The average molecular weight is 393 g/mol. The van der Waals surface area contributed by atoms with Gasteiger partial charge in [0.25, 0.3) is 0 Å². The molecule has 0 saturated carbocycles. The molecule has 0 spiro atoms. The van der Waals surface area contributed by atoms with Crippen LogP contribution in [0.3, 0.4) is 0 Å². The average Bonchev–Trinajstić information content (AvgIpc) is 3.29. The molecule has 144 valence electrons. The Labute approximate surface area is 166 Å². The maximum Gasteiger partial charge on any atom is 0.174 e. The van der Waals surface area contributed by atoms with Crippen LogP contribution in [0.1, 0.15) is 83.6 Å². The fourth-order valence-corrected chi connectivity index (χ4v) is 6.01. The van der Waals surface area contributed by atoms with Crippen molar-refractivity contribution in [2.45, 2.75) is 83.7 Å². The minimum Gasteiger partial charge on any atom is -0.487 e. The second-order valence-corrected chi connectivity index (χ2v) is 9.27. The van der Waals surface area contributed by atoms with Crippen LogP contribution in [0.4, 0.5) is 0 Å². The van der Waals surface area contributed by atoms with Crippen LogP contribution >= 0.6 is 22.7 Å². The number of rotatable bonds is 11. The predicted octanol–water partition coefficient (Wildman–Crippen LogP) is 8.01. The van der Waals surface area contributed by atoms with Crippen molar-refractivity contribution in [3.63, 3.8) is 0 Å². The molecule has 0 unspecified atom stereocenters. The Balaban J connectivity index is 1.90. The first-order valence-corrected chi connectivity index (χ1v) is 11.9. The van der Waals surface area contributed by atoms with Gasteiger partial charge < -0.3 is 9.47 Å². The summed E-state index contributed by atoms with van der Waals surface area (Å²) in [7, 11) is 1.78. The lowest BCUT2D eigenvalue weighted by atomic mass is 9.82. The number of hydrogen-bond acceptors (Lipinski definition) is 4. The van der Waals surface area contributed by atoms with E-state index >= 15 is 0 Å². The topological polar surface area (TPSA) is 18.5 Å². The summed E-state index contributed by atoms with van der Waals surface area (Å²) in [6.45, 7) is 4.55. The zero-order chi connectivity index (χ0) is 18.4. The summed E-state index contributed by atoms with van der Waals surface area (Å²) in [6.07, 6.45) is 12.5. The third-order valence-corrected chi connectivity index (χ3v) is 7.57. The third-order valence-electron chi connectivity index (χ3n) is 5.41. The van der Waals surface area contributed by atoms with Crippen molar-refractivity contribution in [2.24, 2.45) is 0 Å². The molecule has 1 aliphatic rings. The molecule has 0 aromatic carbocycles. The first kappa shape index (κ1) is 19.8. The molecule has 26 heavy (non-hydrogen) atoms. The highest BCUT2D eigenvalue weighted by Crippen LogP contribution is 2.56. The van der Waals surface area contributed by atoms with E-state index in [1.165, 1.54) is 66.7 Å². The van der Waals surface area contributed by atoms with Gasteiger partial charge in [0.2, 0.25) is 0 Å². The fraction of sp³-hybridized carbons (Fsp3) is 0.636. The lowest BCUT2D eigenvalue weighted by molar-refractivity contribution is 0.0397. The second-order valence-electron chi connectivity index (χ2n) is 7.34. The van der Waals surface area contributed by atoms with Crippen LogP contribution in [-0.4, -0.2) is 7.11 Å². The van der Waals surface area contributed by atoms with Crippen molar-refractivity contribution in [1.29, 1.82) is 0 Å². The van der Waals surface area contributed by atoms with Crippen molar-refractivity contribution in [1.82, 2.24) is 0 Å². The first-order valence-electron chi connectivity index (χ1n) is 10.2. The van der Waals surface area contributed by atoms with Crippen LogP contribution in [-0.2, 0) is 5.60 Å². The van der Waals surface area contributed by atoms with Crippen molar-refractivity contribution in [3.05, 3.63) is 23.1 Å². The van der Waals surface area contributed by atoms with Gasteiger partial charge in [-0.25, -0.2) is 0 Å². The Bertz CT molecular complexity index is 674. The Morgan fingerprint density at radius 1 is 0.962 bits per heavy atom. The normalized spacial score (nSPS) is 14.6. The Hall–Kier alpha value is -1.00. The molecule has 1 aliphatic heterocycles. The third kappa shape index (κ3) is 4.12. The lowest BCUT2D eigenvalue weighted by Gasteiger charge is -2.38. The highest BCUT2D eigenvalue weighted by molar-refractivity contribution is 7.22. The number of methoxy groups -OCH3 is 1. The quantitative estimate of drug-likeness (QED) is 0.360. The fourth-order valence-electron chi connectivity index (χ4n) is 3.96. The van der Waals surface area contributed by atoms with E-state index in [4.69, 9.17) is 9.47 Å². The molecule has 3 rings (SSSR count). The van der Waals surface area contributed by atoms with E-state index in [-0.39, 0.29) is 5.60 Å². The molecule has 0 fully saturated rings. The molecule has 0 bridgehead atoms. The molecule has 3 heterocycles. The molecule has 0 amide bonds. The highest BCUT2D eigenvalue weighted by atomic mass is 32.1. The van der Waals surface area contributed by atoms with Crippen LogP contribution in [0, 0.1) is 0 Å². The van der Waals surface area contributed by atoms with Gasteiger partial charge >= 0.3 is 0 Å². The molecule has 4 heteroatoms. The number of ether oxygens (including phenoxy) is 2. The van der Waals surface area contributed by atoms with Crippen molar-refractivity contribution in [3.8, 4) is 20.6 Å². The van der Waals surface area contributed by atoms with Crippen molar-refractivity contribution in [2.75, 3.05) is 7.11 Å². The Morgan fingerprint density at radius 2 is 1.65 bits per heavy atom. The number of thiophene rings is 2. The summed E-state index contributed by atoms with van der Waals surface area (Å²) in [5.74, 6) is 1.08. The SMILES string of the molecule is CCCCCCC1(CCCCCC)Oc2ccsc2-c2sc(OC)cc21. The molecule has 0 radical (unpaired) electrons. The molecule has 2 aromatic rings. The van der Waals surface area contributed by atoms with E-state index in [1.807, 2.05) is 0 Å². The van der Waals surface area contributed by atoms with E-state index in [0.29, 0.717) is 0 Å². The van der Waals surface area contributed by atoms with Gasteiger partial charge in [0.05, 0.1) is 16.9 Å². The first-order chi connectivity index (χ1) is 12.7. The minimum atomic E-state index is -0.168. The molecule has 2 nitrogen and oxygen atoms in total. The molecular formula is C22H32O2S2.